The Morgan fingerprint density at radius 2 is 1.85 bits per heavy atom. The first-order valence-corrected chi connectivity index (χ1v) is 9.17. The molecule has 0 aromatic heterocycles. The van der Waals surface area contributed by atoms with Crippen molar-refractivity contribution >= 4 is 33.3 Å². The predicted octanol–water partition coefficient (Wildman–Crippen LogP) is 2.70. The van der Waals surface area contributed by atoms with Gasteiger partial charge in [0, 0.05) is 21.3 Å². The number of ketones is 1. The minimum atomic E-state index is -0.258. The molecule has 0 aliphatic carbocycles. The molecule has 0 heterocycles. The van der Waals surface area contributed by atoms with E-state index in [2.05, 4.69) is 21.2 Å². The van der Waals surface area contributed by atoms with Gasteiger partial charge in [-0.05, 0) is 56.3 Å². The number of nitrogens with one attached hydrogen (secondary N) is 2. The molecule has 0 saturated heterocycles. The molecule has 2 aromatic carbocycles. The summed E-state index contributed by atoms with van der Waals surface area (Å²) in [6.45, 7) is 4.06. The van der Waals surface area contributed by atoms with Crippen LogP contribution in [-0.4, -0.2) is 31.9 Å². The molecule has 1 unspecified atom stereocenters. The van der Waals surface area contributed by atoms with Crippen molar-refractivity contribution in [3.8, 4) is 5.75 Å². The topological polar surface area (TPSA) is 59.8 Å². The zero-order chi connectivity index (χ0) is 19.3. The Bertz CT molecular complexity index is 790. The van der Waals surface area contributed by atoms with Crippen molar-refractivity contribution in [1.29, 1.82) is 0 Å². The second-order valence-corrected chi connectivity index (χ2v) is 7.24. The van der Waals surface area contributed by atoms with Gasteiger partial charge in [0.05, 0.1) is 14.2 Å². The first kappa shape index (κ1) is 20.1. The SMILES string of the molecule is COc1ccc(Br)cc1C[NH+](C)[C@H](C)C(=O)Nc1ccc(C(C)=O)cc1. The van der Waals surface area contributed by atoms with Crippen molar-refractivity contribution in [2.24, 2.45) is 0 Å². The molecule has 0 bridgehead atoms. The lowest BCUT2D eigenvalue weighted by atomic mass is 10.1. The molecular weight excluding hydrogens is 396 g/mol. The summed E-state index contributed by atoms with van der Waals surface area (Å²) >= 11 is 3.47. The third kappa shape index (κ3) is 5.16. The van der Waals surface area contributed by atoms with Gasteiger partial charge in [-0.3, -0.25) is 9.59 Å². The van der Waals surface area contributed by atoms with Crippen molar-refractivity contribution in [3.05, 3.63) is 58.1 Å². The van der Waals surface area contributed by atoms with E-state index in [9.17, 15) is 9.59 Å². The summed E-state index contributed by atoms with van der Waals surface area (Å²) in [5.74, 6) is 0.732. The lowest BCUT2D eigenvalue weighted by Crippen LogP contribution is -3.12. The third-order valence-corrected chi connectivity index (χ3v) is 4.90. The smallest absolute Gasteiger partial charge is 0.282 e. The van der Waals surface area contributed by atoms with Gasteiger partial charge in [-0.2, -0.15) is 0 Å². The molecular formula is C20H24BrN2O3+. The molecule has 138 valence electrons. The number of hydrogen-bond donors (Lipinski definition) is 2. The minimum Gasteiger partial charge on any atom is -0.496 e. The highest BCUT2D eigenvalue weighted by atomic mass is 79.9. The Balaban J connectivity index is 2.03. The van der Waals surface area contributed by atoms with E-state index in [0.29, 0.717) is 17.8 Å². The largest absolute Gasteiger partial charge is 0.496 e. The number of methoxy groups -OCH3 is 1. The van der Waals surface area contributed by atoms with Gasteiger partial charge in [-0.25, -0.2) is 0 Å². The van der Waals surface area contributed by atoms with Crippen LogP contribution in [0.2, 0.25) is 0 Å². The zero-order valence-electron chi connectivity index (χ0n) is 15.4. The lowest BCUT2D eigenvalue weighted by molar-refractivity contribution is -0.907. The zero-order valence-corrected chi connectivity index (χ0v) is 17.0. The number of anilines is 1. The van der Waals surface area contributed by atoms with Crippen LogP contribution >= 0.6 is 15.9 Å². The van der Waals surface area contributed by atoms with E-state index in [4.69, 9.17) is 4.74 Å². The fourth-order valence-corrected chi connectivity index (χ4v) is 3.01. The number of carbonyl (C=O) groups is 2. The molecule has 0 aliphatic heterocycles. The molecule has 2 rings (SSSR count). The number of benzene rings is 2. The standard InChI is InChI=1S/C20H23BrN2O3/c1-13(20(25)22-18-8-5-15(6-9-18)14(2)24)23(3)12-16-11-17(21)7-10-19(16)26-4/h5-11,13H,12H2,1-4H3,(H,22,25)/p+1/t13-/m1/s1. The number of hydrogen-bond acceptors (Lipinski definition) is 3. The number of quaternary nitrogens is 1. The van der Waals surface area contributed by atoms with Crippen molar-refractivity contribution in [3.63, 3.8) is 0 Å². The molecule has 5 nitrogen and oxygen atoms in total. The van der Waals surface area contributed by atoms with Crippen LogP contribution < -0.4 is 15.0 Å². The first-order valence-electron chi connectivity index (χ1n) is 8.38. The van der Waals surface area contributed by atoms with Crippen LogP contribution in [0, 0.1) is 0 Å². The van der Waals surface area contributed by atoms with Crippen molar-refractivity contribution in [2.75, 3.05) is 19.5 Å². The molecule has 26 heavy (non-hydrogen) atoms. The summed E-state index contributed by atoms with van der Waals surface area (Å²) in [4.78, 5) is 24.9. The van der Waals surface area contributed by atoms with Crippen molar-refractivity contribution < 1.29 is 19.2 Å². The van der Waals surface area contributed by atoms with Gasteiger partial charge in [0.25, 0.3) is 5.91 Å². The van der Waals surface area contributed by atoms with Crippen LogP contribution in [0.15, 0.2) is 46.9 Å². The Morgan fingerprint density at radius 1 is 1.19 bits per heavy atom. The highest BCUT2D eigenvalue weighted by Gasteiger charge is 2.23. The Hall–Kier alpha value is -2.18. The van der Waals surface area contributed by atoms with Gasteiger partial charge in [0.15, 0.2) is 11.8 Å². The summed E-state index contributed by atoms with van der Waals surface area (Å²) in [7, 11) is 3.62. The molecule has 0 spiro atoms. The first-order chi connectivity index (χ1) is 12.3. The van der Waals surface area contributed by atoms with Crippen LogP contribution in [0.1, 0.15) is 29.8 Å². The molecule has 0 aliphatic rings. The Labute approximate surface area is 162 Å². The molecule has 0 radical (unpaired) electrons. The van der Waals surface area contributed by atoms with Gasteiger partial charge in [-0.1, -0.05) is 15.9 Å². The number of Topliss-reactive ketones (excluding diaryl/α,β-unsaturated/α-hetero) is 1. The number of ether oxygens (including phenoxy) is 1. The molecule has 1 amide bonds. The second-order valence-electron chi connectivity index (χ2n) is 6.32. The molecule has 2 N–H and O–H groups in total. The maximum absolute atomic E-state index is 12.5. The Morgan fingerprint density at radius 3 is 2.42 bits per heavy atom. The van der Waals surface area contributed by atoms with Gasteiger partial charge < -0.3 is 15.0 Å². The lowest BCUT2D eigenvalue weighted by Gasteiger charge is -2.22. The van der Waals surface area contributed by atoms with E-state index < -0.39 is 0 Å². The van der Waals surface area contributed by atoms with E-state index in [1.165, 1.54) is 6.92 Å². The van der Waals surface area contributed by atoms with Crippen LogP contribution in [0.25, 0.3) is 0 Å². The predicted molar refractivity (Wildman–Crippen MR) is 106 cm³/mol. The average Bonchev–Trinajstić information content (AvgIpc) is 2.61. The van der Waals surface area contributed by atoms with E-state index >= 15 is 0 Å². The van der Waals surface area contributed by atoms with E-state index in [0.717, 1.165) is 20.7 Å². The molecule has 2 atom stereocenters. The fraction of sp³-hybridized carbons (Fsp3) is 0.300. The molecule has 2 aromatic rings. The Kier molecular flexibility index (Phi) is 6.94. The second kappa shape index (κ2) is 8.96. The van der Waals surface area contributed by atoms with Crippen LogP contribution in [-0.2, 0) is 11.3 Å². The van der Waals surface area contributed by atoms with E-state index in [-0.39, 0.29) is 17.7 Å². The summed E-state index contributed by atoms with van der Waals surface area (Å²) in [6, 6.07) is 12.5. The van der Waals surface area contributed by atoms with Crippen molar-refractivity contribution in [1.82, 2.24) is 0 Å². The quantitative estimate of drug-likeness (QED) is 0.678. The fourth-order valence-electron chi connectivity index (χ4n) is 2.60. The third-order valence-electron chi connectivity index (χ3n) is 4.40. The van der Waals surface area contributed by atoms with E-state index in [1.54, 1.807) is 31.4 Å². The number of halogens is 1. The molecule has 0 saturated carbocycles. The van der Waals surface area contributed by atoms with Crippen LogP contribution in [0.3, 0.4) is 0 Å². The summed E-state index contributed by atoms with van der Waals surface area (Å²) in [5.41, 5.74) is 2.34. The molecule has 6 heteroatoms. The number of likely N-dealkylation sites (N-methyl/N-ethyl adjacent to an activating group) is 1. The van der Waals surface area contributed by atoms with Crippen LogP contribution in [0.4, 0.5) is 5.69 Å². The summed E-state index contributed by atoms with van der Waals surface area (Å²) in [6.07, 6.45) is 0. The summed E-state index contributed by atoms with van der Waals surface area (Å²) in [5, 5.41) is 2.90. The average molecular weight is 420 g/mol. The monoisotopic (exact) mass is 419 g/mol. The van der Waals surface area contributed by atoms with Gasteiger partial charge >= 0.3 is 0 Å². The maximum Gasteiger partial charge on any atom is 0.282 e. The van der Waals surface area contributed by atoms with E-state index in [1.807, 2.05) is 32.2 Å². The minimum absolute atomic E-state index is 0.00314. The van der Waals surface area contributed by atoms with Crippen molar-refractivity contribution in [2.45, 2.75) is 26.4 Å². The number of amides is 1. The number of rotatable bonds is 7. The van der Waals surface area contributed by atoms with Crippen LogP contribution in [0.5, 0.6) is 5.75 Å². The maximum atomic E-state index is 12.5. The van der Waals surface area contributed by atoms with Gasteiger partial charge in [-0.15, -0.1) is 0 Å². The highest BCUT2D eigenvalue weighted by Crippen LogP contribution is 2.22. The van der Waals surface area contributed by atoms with Gasteiger partial charge in [0.1, 0.15) is 12.3 Å². The summed E-state index contributed by atoms with van der Waals surface area (Å²) < 4.78 is 6.38. The molecule has 0 fully saturated rings. The number of carbonyl (C=O) groups excluding carboxylic acids is 2. The van der Waals surface area contributed by atoms with Gasteiger partial charge in [0.2, 0.25) is 0 Å². The normalized spacial score (nSPS) is 13.0. The highest BCUT2D eigenvalue weighted by molar-refractivity contribution is 9.10.